The maximum atomic E-state index is 12.6. The lowest BCUT2D eigenvalue weighted by molar-refractivity contribution is -0.136. The number of nitrogens with one attached hydrogen (secondary N) is 1. The van der Waals surface area contributed by atoms with E-state index >= 15 is 0 Å². The molecule has 1 amide bonds. The van der Waals surface area contributed by atoms with Gasteiger partial charge < -0.3 is 10.2 Å². The van der Waals surface area contributed by atoms with Crippen molar-refractivity contribution >= 4 is 5.91 Å². The molecule has 0 aliphatic carbocycles. The second kappa shape index (κ2) is 8.02. The van der Waals surface area contributed by atoms with E-state index in [2.05, 4.69) is 24.1 Å². The third-order valence-electron chi connectivity index (χ3n) is 5.40. The Hall–Kier alpha value is -0.570. The number of nitrogens with zero attached hydrogens (tertiary/aromatic N) is 1. The van der Waals surface area contributed by atoms with E-state index in [0.717, 1.165) is 38.4 Å². The summed E-state index contributed by atoms with van der Waals surface area (Å²) in [6.45, 7) is 7.83. The van der Waals surface area contributed by atoms with Gasteiger partial charge in [-0.15, -0.1) is 0 Å². The van der Waals surface area contributed by atoms with Crippen LogP contribution in [0.5, 0.6) is 0 Å². The van der Waals surface area contributed by atoms with Gasteiger partial charge >= 0.3 is 0 Å². The Kier molecular flexibility index (Phi) is 6.34. The van der Waals surface area contributed by atoms with Gasteiger partial charge in [-0.3, -0.25) is 4.79 Å². The number of amides is 1. The lowest BCUT2D eigenvalue weighted by atomic mass is 9.88. The van der Waals surface area contributed by atoms with Crippen LogP contribution >= 0.6 is 0 Å². The summed E-state index contributed by atoms with van der Waals surface area (Å²) in [5.74, 6) is 1.85. The highest BCUT2D eigenvalue weighted by Crippen LogP contribution is 2.27. The van der Waals surface area contributed by atoms with Crippen molar-refractivity contribution in [1.82, 2.24) is 10.2 Å². The molecule has 0 radical (unpaired) electrons. The topological polar surface area (TPSA) is 32.3 Å². The van der Waals surface area contributed by atoms with Crippen LogP contribution in [0.15, 0.2) is 0 Å². The molecule has 2 rings (SSSR count). The van der Waals surface area contributed by atoms with Crippen molar-refractivity contribution in [2.45, 2.75) is 71.3 Å². The van der Waals surface area contributed by atoms with Crippen LogP contribution in [0.4, 0.5) is 0 Å². The number of rotatable bonds is 5. The molecule has 1 N–H and O–H groups in total. The van der Waals surface area contributed by atoms with Gasteiger partial charge in [-0.1, -0.05) is 20.3 Å². The van der Waals surface area contributed by atoms with Gasteiger partial charge in [0.05, 0.1) is 0 Å². The van der Waals surface area contributed by atoms with Crippen LogP contribution in [-0.4, -0.2) is 36.5 Å². The van der Waals surface area contributed by atoms with Crippen molar-refractivity contribution in [2.24, 2.45) is 11.8 Å². The van der Waals surface area contributed by atoms with Crippen LogP contribution in [0.3, 0.4) is 0 Å². The molecule has 0 aromatic carbocycles. The fourth-order valence-electron chi connectivity index (χ4n) is 3.77. The highest BCUT2D eigenvalue weighted by molar-refractivity contribution is 5.76. The summed E-state index contributed by atoms with van der Waals surface area (Å²) < 4.78 is 0. The molecule has 2 saturated heterocycles. The van der Waals surface area contributed by atoms with Crippen LogP contribution in [0.25, 0.3) is 0 Å². The molecule has 2 heterocycles. The summed E-state index contributed by atoms with van der Waals surface area (Å²) in [7, 11) is 0. The van der Waals surface area contributed by atoms with Gasteiger partial charge in [-0.05, 0) is 63.5 Å². The standard InChI is InChI=1S/C17H32N2O/c1-3-14(2)16-6-4-5-13-19(16)17(20)8-7-15-9-11-18-12-10-15/h14-16,18H,3-13H2,1-2H3. The molecule has 0 aromatic heterocycles. The average Bonchev–Trinajstić information content (AvgIpc) is 2.52. The maximum absolute atomic E-state index is 12.6. The molecule has 2 atom stereocenters. The molecule has 0 bridgehead atoms. The van der Waals surface area contributed by atoms with Gasteiger partial charge in [-0.2, -0.15) is 0 Å². The molecule has 2 aliphatic rings. The molecule has 0 saturated carbocycles. The minimum atomic E-state index is 0.425. The minimum Gasteiger partial charge on any atom is -0.339 e. The van der Waals surface area contributed by atoms with Crippen molar-refractivity contribution in [1.29, 1.82) is 0 Å². The molecule has 3 nitrogen and oxygen atoms in total. The number of hydrogen-bond donors (Lipinski definition) is 1. The molecular weight excluding hydrogens is 248 g/mol. The Labute approximate surface area is 124 Å². The van der Waals surface area contributed by atoms with Crippen LogP contribution in [-0.2, 0) is 4.79 Å². The van der Waals surface area contributed by atoms with E-state index in [1.165, 1.54) is 38.5 Å². The number of hydrogen-bond acceptors (Lipinski definition) is 2. The normalized spacial score (nSPS) is 26.5. The van der Waals surface area contributed by atoms with E-state index in [-0.39, 0.29) is 0 Å². The first-order valence-electron chi connectivity index (χ1n) is 8.72. The van der Waals surface area contributed by atoms with Crippen molar-refractivity contribution < 1.29 is 4.79 Å². The Morgan fingerprint density at radius 2 is 2.00 bits per heavy atom. The van der Waals surface area contributed by atoms with E-state index in [4.69, 9.17) is 0 Å². The van der Waals surface area contributed by atoms with E-state index in [0.29, 0.717) is 17.9 Å². The highest BCUT2D eigenvalue weighted by Gasteiger charge is 2.30. The van der Waals surface area contributed by atoms with Gasteiger partial charge in [-0.25, -0.2) is 0 Å². The first-order valence-corrected chi connectivity index (χ1v) is 8.72. The first-order chi connectivity index (χ1) is 9.72. The van der Waals surface area contributed by atoms with Crippen LogP contribution in [0.1, 0.15) is 65.2 Å². The first kappa shape index (κ1) is 15.8. The van der Waals surface area contributed by atoms with Crippen LogP contribution in [0.2, 0.25) is 0 Å². The fraction of sp³-hybridized carbons (Fsp3) is 0.941. The quantitative estimate of drug-likeness (QED) is 0.839. The molecule has 116 valence electrons. The lowest BCUT2D eigenvalue weighted by Gasteiger charge is -2.39. The number of carbonyl (C=O) groups excluding carboxylic acids is 1. The zero-order valence-electron chi connectivity index (χ0n) is 13.4. The Bertz CT molecular complexity index is 299. The van der Waals surface area contributed by atoms with E-state index < -0.39 is 0 Å². The van der Waals surface area contributed by atoms with Crippen LogP contribution < -0.4 is 5.32 Å². The van der Waals surface area contributed by atoms with Gasteiger partial charge in [0.15, 0.2) is 0 Å². The summed E-state index contributed by atoms with van der Waals surface area (Å²) in [5.41, 5.74) is 0. The second-order valence-corrected chi connectivity index (χ2v) is 6.77. The molecule has 2 unspecified atom stereocenters. The minimum absolute atomic E-state index is 0.425. The summed E-state index contributed by atoms with van der Waals surface area (Å²) in [5, 5.41) is 3.40. The van der Waals surface area contributed by atoms with Crippen molar-refractivity contribution in [3.63, 3.8) is 0 Å². The van der Waals surface area contributed by atoms with Gasteiger partial charge in [0, 0.05) is 19.0 Å². The smallest absolute Gasteiger partial charge is 0.222 e. The summed E-state index contributed by atoms with van der Waals surface area (Å²) in [6.07, 6.45) is 9.28. The summed E-state index contributed by atoms with van der Waals surface area (Å²) >= 11 is 0. The van der Waals surface area contributed by atoms with Gasteiger partial charge in [0.25, 0.3) is 0 Å². The Morgan fingerprint density at radius 1 is 1.25 bits per heavy atom. The third kappa shape index (κ3) is 4.21. The van der Waals surface area contributed by atoms with Gasteiger partial charge in [0.2, 0.25) is 5.91 Å². The predicted molar refractivity (Wildman–Crippen MR) is 83.6 cm³/mol. The monoisotopic (exact) mass is 280 g/mol. The highest BCUT2D eigenvalue weighted by atomic mass is 16.2. The van der Waals surface area contributed by atoms with Crippen LogP contribution in [0, 0.1) is 11.8 Å². The third-order valence-corrected chi connectivity index (χ3v) is 5.40. The number of carbonyl (C=O) groups is 1. The zero-order chi connectivity index (χ0) is 14.4. The Balaban J connectivity index is 1.82. The second-order valence-electron chi connectivity index (χ2n) is 6.77. The summed E-state index contributed by atoms with van der Waals surface area (Å²) in [4.78, 5) is 14.8. The molecule has 0 aromatic rings. The molecule has 0 spiro atoms. The van der Waals surface area contributed by atoms with Crippen molar-refractivity contribution in [2.75, 3.05) is 19.6 Å². The SMILES string of the molecule is CCC(C)C1CCCCN1C(=O)CCC1CCNCC1. The fourth-order valence-corrected chi connectivity index (χ4v) is 3.77. The Morgan fingerprint density at radius 3 is 2.70 bits per heavy atom. The molecular formula is C17H32N2O. The van der Waals surface area contributed by atoms with E-state index in [1.54, 1.807) is 0 Å². The zero-order valence-corrected chi connectivity index (χ0v) is 13.4. The predicted octanol–water partition coefficient (Wildman–Crippen LogP) is 3.19. The van der Waals surface area contributed by atoms with E-state index in [9.17, 15) is 4.79 Å². The van der Waals surface area contributed by atoms with Crippen molar-refractivity contribution in [3.8, 4) is 0 Å². The lowest BCUT2D eigenvalue weighted by Crippen LogP contribution is -2.47. The number of piperidine rings is 2. The molecule has 2 fully saturated rings. The molecule has 3 heteroatoms. The molecule has 2 aliphatic heterocycles. The number of likely N-dealkylation sites (tertiary alicyclic amines) is 1. The molecule has 20 heavy (non-hydrogen) atoms. The largest absolute Gasteiger partial charge is 0.339 e. The summed E-state index contributed by atoms with van der Waals surface area (Å²) in [6, 6.07) is 0.509. The average molecular weight is 280 g/mol. The van der Waals surface area contributed by atoms with Crippen molar-refractivity contribution in [3.05, 3.63) is 0 Å². The maximum Gasteiger partial charge on any atom is 0.222 e. The van der Waals surface area contributed by atoms with Gasteiger partial charge in [0.1, 0.15) is 0 Å². The van der Waals surface area contributed by atoms with E-state index in [1.807, 2.05) is 0 Å².